The average Bonchev–Trinajstić information content (AvgIpc) is 2.78. The molecular weight excluding hydrogens is 302 g/mol. The summed E-state index contributed by atoms with van der Waals surface area (Å²) in [4.78, 5) is 30.0. The molecule has 0 radical (unpaired) electrons. The van der Waals surface area contributed by atoms with Crippen LogP contribution in [0.1, 0.15) is 17.5 Å². The van der Waals surface area contributed by atoms with Crippen LogP contribution < -0.4 is 15.4 Å². The first kappa shape index (κ1) is 14.5. The van der Waals surface area contributed by atoms with Crippen molar-refractivity contribution in [2.45, 2.75) is 26.4 Å². The van der Waals surface area contributed by atoms with E-state index in [9.17, 15) is 9.59 Å². The fourth-order valence-electron chi connectivity index (χ4n) is 2.06. The Labute approximate surface area is 131 Å². The Kier molecular flexibility index (Phi) is 3.37. The quantitative estimate of drug-likeness (QED) is 0.834. The zero-order chi connectivity index (χ0) is 15.9. The van der Waals surface area contributed by atoms with E-state index in [4.69, 9.17) is 4.74 Å². The number of benzene rings is 1. The summed E-state index contributed by atoms with van der Waals surface area (Å²) >= 11 is 1.36. The molecule has 0 unspecified atom stereocenters. The molecule has 2 aromatic rings. The van der Waals surface area contributed by atoms with Crippen LogP contribution in [0.4, 0.5) is 10.8 Å². The second-order valence-corrected chi connectivity index (χ2v) is 6.40. The van der Waals surface area contributed by atoms with Crippen molar-refractivity contribution in [3.8, 4) is 5.75 Å². The molecule has 0 aliphatic carbocycles. The van der Waals surface area contributed by atoms with Crippen molar-refractivity contribution in [3.05, 3.63) is 34.8 Å². The average molecular weight is 317 g/mol. The molecule has 1 aliphatic rings. The van der Waals surface area contributed by atoms with Crippen molar-refractivity contribution in [3.63, 3.8) is 0 Å². The van der Waals surface area contributed by atoms with E-state index in [1.165, 1.54) is 18.3 Å². The van der Waals surface area contributed by atoms with Gasteiger partial charge >= 0.3 is 0 Å². The summed E-state index contributed by atoms with van der Waals surface area (Å²) in [5.41, 5.74) is -0.231. The topological polar surface area (TPSA) is 80.3 Å². The molecule has 1 aliphatic heterocycles. The summed E-state index contributed by atoms with van der Waals surface area (Å²) in [6.45, 7) is 5.23. The molecule has 7 heteroatoms. The van der Waals surface area contributed by atoms with Crippen molar-refractivity contribution in [2.75, 3.05) is 10.6 Å². The number of hydrogen-bond donors (Lipinski definition) is 2. The first-order chi connectivity index (χ1) is 10.4. The third-order valence-electron chi connectivity index (χ3n) is 3.56. The van der Waals surface area contributed by atoms with Gasteiger partial charge in [-0.05, 0) is 32.9 Å². The van der Waals surface area contributed by atoms with Crippen LogP contribution in [0.5, 0.6) is 5.75 Å². The van der Waals surface area contributed by atoms with E-state index in [1.54, 1.807) is 24.3 Å². The number of carbonyl (C=O) groups excluding carboxylic acids is 2. The van der Waals surface area contributed by atoms with Crippen LogP contribution in [0, 0.1) is 13.8 Å². The van der Waals surface area contributed by atoms with Gasteiger partial charge < -0.3 is 10.1 Å². The minimum absolute atomic E-state index is 0.455. The van der Waals surface area contributed by atoms with Crippen LogP contribution in [-0.4, -0.2) is 22.4 Å². The number of ether oxygens (including phenoxy) is 1. The van der Waals surface area contributed by atoms with Gasteiger partial charge in [-0.3, -0.25) is 14.9 Å². The molecule has 1 aromatic heterocycles. The number of para-hydroxylation sites is 2. The number of thiazole rings is 1. The van der Waals surface area contributed by atoms with Crippen LogP contribution in [0.25, 0.3) is 0 Å². The highest BCUT2D eigenvalue weighted by Gasteiger charge is 2.47. The zero-order valence-corrected chi connectivity index (χ0v) is 13.2. The number of aromatic nitrogens is 1. The predicted octanol–water partition coefficient (Wildman–Crippen LogP) is 2.49. The lowest BCUT2D eigenvalue weighted by atomic mass is 10.0. The number of amides is 2. The minimum atomic E-state index is -1.64. The van der Waals surface area contributed by atoms with Gasteiger partial charge in [0.1, 0.15) is 5.75 Å². The number of anilines is 2. The molecule has 0 saturated heterocycles. The monoisotopic (exact) mass is 317 g/mol. The molecule has 0 saturated carbocycles. The molecule has 2 amide bonds. The van der Waals surface area contributed by atoms with E-state index in [2.05, 4.69) is 15.6 Å². The van der Waals surface area contributed by atoms with Gasteiger partial charge in [0.05, 0.1) is 11.4 Å². The molecule has 1 aromatic carbocycles. The van der Waals surface area contributed by atoms with Crippen LogP contribution in [-0.2, 0) is 9.59 Å². The van der Waals surface area contributed by atoms with Gasteiger partial charge in [-0.1, -0.05) is 12.1 Å². The fraction of sp³-hybridized carbons (Fsp3) is 0.267. The largest absolute Gasteiger partial charge is 0.466 e. The number of nitrogens with one attached hydrogen (secondary N) is 2. The third kappa shape index (κ3) is 2.33. The number of hydrogen-bond acceptors (Lipinski definition) is 5. The summed E-state index contributed by atoms with van der Waals surface area (Å²) in [6, 6.07) is 6.99. The van der Waals surface area contributed by atoms with E-state index in [-0.39, 0.29) is 0 Å². The zero-order valence-electron chi connectivity index (χ0n) is 12.4. The number of fused-ring (bicyclic) bond motifs is 1. The van der Waals surface area contributed by atoms with Gasteiger partial charge in [0, 0.05) is 4.88 Å². The molecule has 0 spiro atoms. The summed E-state index contributed by atoms with van der Waals surface area (Å²) < 4.78 is 5.66. The van der Waals surface area contributed by atoms with E-state index >= 15 is 0 Å². The molecule has 1 atom stereocenters. The van der Waals surface area contributed by atoms with Gasteiger partial charge in [-0.15, -0.1) is 11.3 Å². The fourth-order valence-corrected chi connectivity index (χ4v) is 2.87. The molecule has 3 rings (SSSR count). The van der Waals surface area contributed by atoms with Crippen LogP contribution in [0.2, 0.25) is 0 Å². The number of rotatable bonds is 2. The lowest BCUT2D eigenvalue weighted by molar-refractivity contribution is -0.143. The van der Waals surface area contributed by atoms with Gasteiger partial charge in [-0.25, -0.2) is 4.98 Å². The Morgan fingerprint density at radius 3 is 2.77 bits per heavy atom. The van der Waals surface area contributed by atoms with Crippen molar-refractivity contribution in [1.82, 2.24) is 4.98 Å². The standard InChI is InChI=1S/C15H15N3O3S/c1-8-9(2)22-14(16-8)18-13(20)15(3)12(19)17-10-6-4-5-7-11(10)21-15/h4-7H,1-3H3,(H,17,19)(H,16,18,20)/t15-/m0/s1. The molecular formula is C15H15N3O3S. The van der Waals surface area contributed by atoms with Gasteiger partial charge in [-0.2, -0.15) is 0 Å². The molecule has 2 N–H and O–H groups in total. The van der Waals surface area contributed by atoms with Crippen LogP contribution >= 0.6 is 11.3 Å². The van der Waals surface area contributed by atoms with E-state index in [0.29, 0.717) is 16.6 Å². The lowest BCUT2D eigenvalue weighted by Crippen LogP contribution is -2.56. The summed E-state index contributed by atoms with van der Waals surface area (Å²) in [6.07, 6.45) is 0. The molecule has 0 bridgehead atoms. The maximum absolute atomic E-state index is 12.5. The molecule has 0 fully saturated rings. The Morgan fingerprint density at radius 2 is 2.09 bits per heavy atom. The maximum atomic E-state index is 12.5. The lowest BCUT2D eigenvalue weighted by Gasteiger charge is -2.32. The van der Waals surface area contributed by atoms with Crippen molar-refractivity contribution < 1.29 is 14.3 Å². The predicted molar refractivity (Wildman–Crippen MR) is 84.3 cm³/mol. The molecule has 22 heavy (non-hydrogen) atoms. The summed E-state index contributed by atoms with van der Waals surface area (Å²) in [7, 11) is 0. The van der Waals surface area contributed by atoms with Gasteiger partial charge in [0.2, 0.25) is 0 Å². The highest BCUT2D eigenvalue weighted by molar-refractivity contribution is 7.15. The van der Waals surface area contributed by atoms with E-state index < -0.39 is 17.4 Å². The van der Waals surface area contributed by atoms with Crippen molar-refractivity contribution >= 4 is 34.0 Å². The SMILES string of the molecule is Cc1nc(NC(=O)[C@@]2(C)Oc3ccccc3NC2=O)sc1C. The van der Waals surface area contributed by atoms with Crippen molar-refractivity contribution in [2.24, 2.45) is 0 Å². The second kappa shape index (κ2) is 5.10. The van der Waals surface area contributed by atoms with Gasteiger partial charge in [0.15, 0.2) is 5.13 Å². The van der Waals surface area contributed by atoms with Crippen LogP contribution in [0.15, 0.2) is 24.3 Å². The van der Waals surface area contributed by atoms with Gasteiger partial charge in [0.25, 0.3) is 17.4 Å². The van der Waals surface area contributed by atoms with Crippen LogP contribution in [0.3, 0.4) is 0 Å². The summed E-state index contributed by atoms with van der Waals surface area (Å²) in [5, 5.41) is 5.80. The smallest absolute Gasteiger partial charge is 0.280 e. The first-order valence-corrected chi connectivity index (χ1v) is 7.57. The third-order valence-corrected chi connectivity index (χ3v) is 4.55. The maximum Gasteiger partial charge on any atom is 0.280 e. The Hall–Kier alpha value is -2.41. The number of carbonyl (C=O) groups is 2. The Bertz CT molecular complexity index is 752. The van der Waals surface area contributed by atoms with E-state index in [0.717, 1.165) is 10.6 Å². The number of nitrogens with zero attached hydrogens (tertiary/aromatic N) is 1. The Balaban J connectivity index is 1.86. The molecule has 114 valence electrons. The van der Waals surface area contributed by atoms with Crippen molar-refractivity contribution in [1.29, 1.82) is 0 Å². The minimum Gasteiger partial charge on any atom is -0.466 e. The Morgan fingerprint density at radius 1 is 1.36 bits per heavy atom. The van der Waals surface area contributed by atoms with E-state index in [1.807, 2.05) is 13.8 Å². The highest BCUT2D eigenvalue weighted by atomic mass is 32.1. The second-order valence-electron chi connectivity index (χ2n) is 5.20. The first-order valence-electron chi connectivity index (χ1n) is 6.75. The summed E-state index contributed by atoms with van der Waals surface area (Å²) in [5.74, 6) is -0.590. The number of aryl methyl sites for hydroxylation is 2. The normalized spacial score (nSPS) is 19.9. The molecule has 6 nitrogen and oxygen atoms in total. The highest BCUT2D eigenvalue weighted by Crippen LogP contribution is 2.34. The molecule has 2 heterocycles.